The number of hydrogen-bond donors (Lipinski definition) is 2. The van der Waals surface area contributed by atoms with Gasteiger partial charge in [0.1, 0.15) is 12.1 Å². The standard InChI is InChI=1S/C22H22ClF3N4O3/c1-20(2,3)12-5-7-13(8-6-12)21(4)18(32)30(19(33)29-21)11-16(31)28-17-15(23)9-14(10-27-17)22(24,25)26/h5-10H,11H2,1-4H3,(H,29,33)(H,27,28,31). The third-order valence-electron chi connectivity index (χ3n) is 5.33. The Hall–Kier alpha value is -3.14. The Morgan fingerprint density at radius 3 is 2.27 bits per heavy atom. The van der Waals surface area contributed by atoms with Crippen LogP contribution in [0.2, 0.25) is 5.02 Å². The van der Waals surface area contributed by atoms with E-state index in [1.165, 1.54) is 6.92 Å². The van der Waals surface area contributed by atoms with Crippen molar-refractivity contribution in [2.75, 3.05) is 11.9 Å². The summed E-state index contributed by atoms with van der Waals surface area (Å²) in [6, 6.07) is 7.07. The maximum atomic E-state index is 13.0. The van der Waals surface area contributed by atoms with Crippen LogP contribution in [0.3, 0.4) is 0 Å². The van der Waals surface area contributed by atoms with Crippen molar-refractivity contribution in [1.82, 2.24) is 15.2 Å². The SMILES string of the molecule is CC(C)(C)c1ccc(C2(C)NC(=O)N(CC(=O)Nc3ncc(C(F)(F)F)cc3Cl)C2=O)cc1. The molecule has 0 saturated carbocycles. The molecule has 33 heavy (non-hydrogen) atoms. The fourth-order valence-electron chi connectivity index (χ4n) is 3.34. The van der Waals surface area contributed by atoms with Gasteiger partial charge in [0.25, 0.3) is 5.91 Å². The number of carbonyl (C=O) groups excluding carboxylic acids is 3. The van der Waals surface area contributed by atoms with Gasteiger partial charge >= 0.3 is 12.2 Å². The molecule has 1 saturated heterocycles. The summed E-state index contributed by atoms with van der Waals surface area (Å²) < 4.78 is 38.2. The van der Waals surface area contributed by atoms with Crippen LogP contribution in [0, 0.1) is 0 Å². The topological polar surface area (TPSA) is 91.4 Å². The monoisotopic (exact) mass is 482 g/mol. The van der Waals surface area contributed by atoms with Gasteiger partial charge in [0.05, 0.1) is 10.6 Å². The number of pyridine rings is 1. The first-order valence-corrected chi connectivity index (χ1v) is 10.3. The first-order chi connectivity index (χ1) is 15.1. The molecule has 1 atom stereocenters. The van der Waals surface area contributed by atoms with Gasteiger partial charge in [-0.1, -0.05) is 56.6 Å². The molecule has 0 radical (unpaired) electrons. The Bertz CT molecular complexity index is 1110. The van der Waals surface area contributed by atoms with E-state index in [0.717, 1.165) is 10.5 Å². The van der Waals surface area contributed by atoms with Gasteiger partial charge in [-0.05, 0) is 29.5 Å². The number of hydrogen-bond acceptors (Lipinski definition) is 4. The zero-order valence-corrected chi connectivity index (χ0v) is 19.1. The lowest BCUT2D eigenvalue weighted by Gasteiger charge is -2.24. The number of halogens is 4. The first-order valence-electron chi connectivity index (χ1n) is 9.90. The highest BCUT2D eigenvalue weighted by molar-refractivity contribution is 6.33. The second kappa shape index (κ2) is 8.33. The molecule has 1 aromatic heterocycles. The fraction of sp³-hybridized carbons (Fsp3) is 0.364. The molecular weight excluding hydrogens is 461 g/mol. The summed E-state index contributed by atoms with van der Waals surface area (Å²) in [4.78, 5) is 42.1. The van der Waals surface area contributed by atoms with E-state index in [0.29, 0.717) is 17.8 Å². The molecule has 7 nitrogen and oxygen atoms in total. The summed E-state index contributed by atoms with van der Waals surface area (Å²) in [5.74, 6) is -1.81. The molecule has 0 aliphatic carbocycles. The molecule has 0 bridgehead atoms. The van der Waals surface area contributed by atoms with Gasteiger partial charge in [0, 0.05) is 6.20 Å². The van der Waals surface area contributed by atoms with Crippen molar-refractivity contribution in [2.24, 2.45) is 0 Å². The van der Waals surface area contributed by atoms with E-state index in [4.69, 9.17) is 11.6 Å². The average molecular weight is 483 g/mol. The van der Waals surface area contributed by atoms with E-state index < -0.39 is 46.7 Å². The van der Waals surface area contributed by atoms with Crippen LogP contribution >= 0.6 is 11.6 Å². The smallest absolute Gasteiger partial charge is 0.319 e. The summed E-state index contributed by atoms with van der Waals surface area (Å²) in [6.45, 7) is 7.00. The quantitative estimate of drug-likeness (QED) is 0.629. The maximum absolute atomic E-state index is 13.0. The average Bonchev–Trinajstić information content (AvgIpc) is 2.92. The number of urea groups is 1. The van der Waals surface area contributed by atoms with Crippen molar-refractivity contribution in [3.8, 4) is 0 Å². The van der Waals surface area contributed by atoms with Crippen molar-refractivity contribution in [3.05, 3.63) is 58.2 Å². The second-order valence-corrected chi connectivity index (χ2v) is 9.28. The molecule has 1 aromatic carbocycles. The van der Waals surface area contributed by atoms with Gasteiger partial charge in [-0.3, -0.25) is 14.5 Å². The van der Waals surface area contributed by atoms with E-state index in [2.05, 4.69) is 15.6 Å². The molecule has 2 aromatic rings. The largest absolute Gasteiger partial charge is 0.417 e. The Balaban J connectivity index is 1.74. The maximum Gasteiger partial charge on any atom is 0.417 e. The number of rotatable bonds is 4. The van der Waals surface area contributed by atoms with Gasteiger partial charge in [0.15, 0.2) is 5.82 Å². The number of carbonyl (C=O) groups is 3. The number of aromatic nitrogens is 1. The second-order valence-electron chi connectivity index (χ2n) is 8.87. The number of alkyl halides is 3. The van der Waals surface area contributed by atoms with E-state index in [9.17, 15) is 27.6 Å². The number of imide groups is 1. The normalized spacial score (nSPS) is 19.0. The van der Waals surface area contributed by atoms with Crippen LogP contribution in [0.1, 0.15) is 44.4 Å². The number of nitrogens with zero attached hydrogens (tertiary/aromatic N) is 2. The minimum absolute atomic E-state index is 0.0971. The van der Waals surface area contributed by atoms with Crippen molar-refractivity contribution in [3.63, 3.8) is 0 Å². The van der Waals surface area contributed by atoms with Gasteiger partial charge in [0.2, 0.25) is 5.91 Å². The van der Waals surface area contributed by atoms with Crippen LogP contribution in [-0.2, 0) is 26.7 Å². The molecule has 4 amide bonds. The first kappa shape index (κ1) is 24.5. The summed E-state index contributed by atoms with van der Waals surface area (Å²) in [5.41, 5.74) is -0.959. The van der Waals surface area contributed by atoms with Crippen LogP contribution in [0.5, 0.6) is 0 Å². The zero-order chi connectivity index (χ0) is 24.8. The highest BCUT2D eigenvalue weighted by Gasteiger charge is 2.49. The Morgan fingerprint density at radius 2 is 1.76 bits per heavy atom. The van der Waals surface area contributed by atoms with Crippen LogP contribution in [-0.4, -0.2) is 34.3 Å². The molecule has 2 N–H and O–H groups in total. The van der Waals surface area contributed by atoms with Gasteiger partial charge in [-0.15, -0.1) is 0 Å². The molecule has 176 valence electrons. The van der Waals surface area contributed by atoms with Gasteiger partial charge in [-0.25, -0.2) is 9.78 Å². The Morgan fingerprint density at radius 1 is 1.15 bits per heavy atom. The number of nitrogens with one attached hydrogen (secondary N) is 2. The predicted molar refractivity (Wildman–Crippen MR) is 116 cm³/mol. The van der Waals surface area contributed by atoms with Crippen molar-refractivity contribution >= 4 is 35.3 Å². The highest BCUT2D eigenvalue weighted by Crippen LogP contribution is 2.33. The van der Waals surface area contributed by atoms with E-state index >= 15 is 0 Å². The number of anilines is 1. The minimum Gasteiger partial charge on any atom is -0.319 e. The third kappa shape index (κ3) is 4.95. The summed E-state index contributed by atoms with van der Waals surface area (Å²) in [5, 5.41) is 4.39. The van der Waals surface area contributed by atoms with Gasteiger partial charge < -0.3 is 10.6 Å². The van der Waals surface area contributed by atoms with Crippen LogP contribution in [0.4, 0.5) is 23.8 Å². The van der Waals surface area contributed by atoms with Crippen LogP contribution < -0.4 is 10.6 Å². The van der Waals surface area contributed by atoms with Gasteiger partial charge in [-0.2, -0.15) is 13.2 Å². The van der Waals surface area contributed by atoms with Crippen molar-refractivity contribution in [1.29, 1.82) is 0 Å². The molecule has 11 heteroatoms. The third-order valence-corrected chi connectivity index (χ3v) is 5.62. The Kier molecular flexibility index (Phi) is 6.18. The molecule has 2 heterocycles. The molecule has 1 unspecified atom stereocenters. The van der Waals surface area contributed by atoms with E-state index in [-0.39, 0.29) is 11.2 Å². The summed E-state index contributed by atoms with van der Waals surface area (Å²) in [7, 11) is 0. The lowest BCUT2D eigenvalue weighted by Crippen LogP contribution is -2.42. The predicted octanol–water partition coefficient (Wildman–Crippen LogP) is 4.46. The lowest BCUT2D eigenvalue weighted by atomic mass is 9.84. The highest BCUT2D eigenvalue weighted by atomic mass is 35.5. The molecule has 3 rings (SSSR count). The molecular formula is C22H22ClF3N4O3. The van der Waals surface area contributed by atoms with Crippen molar-refractivity contribution < 1.29 is 27.6 Å². The summed E-state index contributed by atoms with van der Waals surface area (Å²) >= 11 is 5.79. The van der Waals surface area contributed by atoms with E-state index in [1.807, 2.05) is 32.9 Å². The summed E-state index contributed by atoms with van der Waals surface area (Å²) in [6.07, 6.45) is -4.12. The Labute approximate surface area is 193 Å². The van der Waals surface area contributed by atoms with E-state index in [1.54, 1.807) is 12.1 Å². The molecule has 0 spiro atoms. The number of amides is 4. The molecule has 1 aliphatic rings. The zero-order valence-electron chi connectivity index (χ0n) is 18.3. The van der Waals surface area contributed by atoms with Crippen molar-refractivity contribution in [2.45, 2.75) is 44.8 Å². The van der Waals surface area contributed by atoms with Crippen LogP contribution in [0.15, 0.2) is 36.5 Å². The fourth-order valence-corrected chi connectivity index (χ4v) is 3.55. The number of benzene rings is 1. The lowest BCUT2D eigenvalue weighted by molar-refractivity contribution is -0.137. The minimum atomic E-state index is -4.64. The van der Waals surface area contributed by atoms with Crippen LogP contribution in [0.25, 0.3) is 0 Å². The molecule has 1 aliphatic heterocycles. The molecule has 1 fully saturated rings.